The number of carbonyl (C=O) groups is 1. The maximum atomic E-state index is 11.8. The quantitative estimate of drug-likeness (QED) is 0.849. The zero-order valence-corrected chi connectivity index (χ0v) is 10.1. The van der Waals surface area contributed by atoms with Crippen LogP contribution in [0.3, 0.4) is 0 Å². The number of aromatic nitrogens is 2. The molecule has 0 radical (unpaired) electrons. The van der Waals surface area contributed by atoms with Crippen LogP contribution in [0.2, 0.25) is 0 Å². The van der Waals surface area contributed by atoms with Gasteiger partial charge < -0.3 is 5.32 Å². The van der Waals surface area contributed by atoms with Crippen LogP contribution in [0.25, 0.3) is 0 Å². The summed E-state index contributed by atoms with van der Waals surface area (Å²) in [5, 5.41) is 6.00. The van der Waals surface area contributed by atoms with Crippen molar-refractivity contribution >= 4 is 23.3 Å². The molecule has 2 aromatic rings. The Labute approximate surface area is 104 Å². The second kappa shape index (κ2) is 5.01. The van der Waals surface area contributed by atoms with Crippen LogP contribution in [0.15, 0.2) is 42.6 Å². The Bertz CT molecular complexity index is 509. The molecule has 88 valence electrons. The van der Waals surface area contributed by atoms with Gasteiger partial charge in [-0.1, -0.05) is 30.3 Å². The highest BCUT2D eigenvalue weighted by atomic mass is 35.5. The number of amides is 1. The first-order valence-electron chi connectivity index (χ1n) is 5.16. The monoisotopic (exact) mass is 249 g/mol. The number of hydrogen-bond donors (Lipinski definition) is 1. The van der Waals surface area contributed by atoms with Gasteiger partial charge in [0.15, 0.2) is 5.82 Å². The molecule has 0 aliphatic carbocycles. The third kappa shape index (κ3) is 2.85. The standard InChI is InChI=1S/C12H12ClN3O/c1-16-8-7-10(15-16)14-12(17)11(13)9-5-3-2-4-6-9/h2-8,11H,1H3,(H,14,15,17). The number of halogens is 1. The van der Waals surface area contributed by atoms with E-state index in [1.54, 1.807) is 24.0 Å². The van der Waals surface area contributed by atoms with Crippen LogP contribution in [0.5, 0.6) is 0 Å². The Morgan fingerprint density at radius 3 is 2.65 bits per heavy atom. The molecule has 0 bridgehead atoms. The predicted octanol–water partition coefficient (Wildman–Crippen LogP) is 2.34. The third-order valence-corrected chi connectivity index (χ3v) is 2.74. The van der Waals surface area contributed by atoms with Gasteiger partial charge in [-0.2, -0.15) is 5.10 Å². The van der Waals surface area contributed by atoms with Gasteiger partial charge in [-0.3, -0.25) is 9.48 Å². The number of aryl methyl sites for hydroxylation is 1. The lowest BCUT2D eigenvalue weighted by Gasteiger charge is -2.08. The molecule has 0 aliphatic heterocycles. The molecular formula is C12H12ClN3O. The van der Waals surface area contributed by atoms with E-state index in [-0.39, 0.29) is 5.91 Å². The molecule has 17 heavy (non-hydrogen) atoms. The van der Waals surface area contributed by atoms with Crippen LogP contribution in [-0.2, 0) is 11.8 Å². The summed E-state index contributed by atoms with van der Waals surface area (Å²) in [6.07, 6.45) is 1.75. The maximum absolute atomic E-state index is 11.8. The number of nitrogens with one attached hydrogen (secondary N) is 1. The van der Waals surface area contributed by atoms with Crippen molar-refractivity contribution in [3.8, 4) is 0 Å². The molecule has 1 aromatic carbocycles. The highest BCUT2D eigenvalue weighted by Crippen LogP contribution is 2.21. The molecule has 5 heteroatoms. The first kappa shape index (κ1) is 11.7. The average Bonchev–Trinajstić information content (AvgIpc) is 2.75. The van der Waals surface area contributed by atoms with E-state index in [1.165, 1.54) is 0 Å². The molecule has 0 spiro atoms. The predicted molar refractivity (Wildman–Crippen MR) is 66.9 cm³/mol. The minimum Gasteiger partial charge on any atom is -0.308 e. The van der Waals surface area contributed by atoms with Gasteiger partial charge in [0.1, 0.15) is 5.38 Å². The van der Waals surface area contributed by atoms with Crippen molar-refractivity contribution in [1.29, 1.82) is 0 Å². The zero-order chi connectivity index (χ0) is 12.3. The maximum Gasteiger partial charge on any atom is 0.248 e. The van der Waals surface area contributed by atoms with Gasteiger partial charge in [0, 0.05) is 19.3 Å². The molecular weight excluding hydrogens is 238 g/mol. The summed E-state index contributed by atoms with van der Waals surface area (Å²) >= 11 is 6.07. The van der Waals surface area contributed by atoms with Crippen LogP contribution in [-0.4, -0.2) is 15.7 Å². The summed E-state index contributed by atoms with van der Waals surface area (Å²) in [6, 6.07) is 10.9. The molecule has 1 heterocycles. The molecule has 4 nitrogen and oxygen atoms in total. The summed E-state index contributed by atoms with van der Waals surface area (Å²) in [4.78, 5) is 11.8. The van der Waals surface area contributed by atoms with Gasteiger partial charge in [0.2, 0.25) is 5.91 Å². The second-order valence-corrected chi connectivity index (χ2v) is 4.07. The van der Waals surface area contributed by atoms with Gasteiger partial charge in [-0.15, -0.1) is 11.6 Å². The van der Waals surface area contributed by atoms with Crippen LogP contribution in [0, 0.1) is 0 Å². The molecule has 1 aromatic heterocycles. The van der Waals surface area contributed by atoms with Crippen molar-refractivity contribution in [2.45, 2.75) is 5.38 Å². The molecule has 0 saturated heterocycles. The number of benzene rings is 1. The summed E-state index contributed by atoms with van der Waals surface area (Å²) in [5.74, 6) is 0.218. The van der Waals surface area contributed by atoms with E-state index in [2.05, 4.69) is 10.4 Å². The van der Waals surface area contributed by atoms with E-state index in [9.17, 15) is 4.79 Å². The van der Waals surface area contributed by atoms with Crippen LogP contribution in [0.1, 0.15) is 10.9 Å². The molecule has 0 saturated carbocycles. The van der Waals surface area contributed by atoms with Crippen molar-refractivity contribution in [2.75, 3.05) is 5.32 Å². The fourth-order valence-electron chi connectivity index (χ4n) is 1.44. The van der Waals surface area contributed by atoms with Gasteiger partial charge >= 0.3 is 0 Å². The smallest absolute Gasteiger partial charge is 0.248 e. The Morgan fingerprint density at radius 2 is 2.06 bits per heavy atom. The topological polar surface area (TPSA) is 46.9 Å². The Kier molecular flexibility index (Phi) is 3.44. The zero-order valence-electron chi connectivity index (χ0n) is 9.30. The summed E-state index contributed by atoms with van der Waals surface area (Å²) < 4.78 is 1.61. The molecule has 1 unspecified atom stereocenters. The second-order valence-electron chi connectivity index (χ2n) is 3.64. The van der Waals surface area contributed by atoms with Crippen LogP contribution < -0.4 is 5.32 Å². The van der Waals surface area contributed by atoms with Gasteiger partial charge in [-0.25, -0.2) is 0 Å². The first-order valence-corrected chi connectivity index (χ1v) is 5.60. The number of rotatable bonds is 3. The van der Waals surface area contributed by atoms with Crippen LogP contribution >= 0.6 is 11.6 Å². The molecule has 2 rings (SSSR count). The van der Waals surface area contributed by atoms with E-state index >= 15 is 0 Å². The Hall–Kier alpha value is -1.81. The lowest BCUT2D eigenvalue weighted by atomic mass is 10.1. The number of carbonyl (C=O) groups excluding carboxylic acids is 1. The normalized spacial score (nSPS) is 12.1. The number of anilines is 1. The third-order valence-electron chi connectivity index (χ3n) is 2.29. The van der Waals surface area contributed by atoms with E-state index < -0.39 is 5.38 Å². The SMILES string of the molecule is Cn1ccc(NC(=O)C(Cl)c2ccccc2)n1. The highest BCUT2D eigenvalue weighted by molar-refractivity contribution is 6.32. The molecule has 0 aliphatic rings. The first-order chi connectivity index (χ1) is 8.16. The van der Waals surface area contributed by atoms with Crippen molar-refractivity contribution in [1.82, 2.24) is 9.78 Å². The number of alkyl halides is 1. The lowest BCUT2D eigenvalue weighted by molar-refractivity contribution is -0.116. The van der Waals surface area contributed by atoms with E-state index in [1.807, 2.05) is 30.3 Å². The molecule has 1 amide bonds. The van der Waals surface area contributed by atoms with Gasteiger partial charge in [0.25, 0.3) is 0 Å². The minimum atomic E-state index is -0.710. The number of hydrogen-bond acceptors (Lipinski definition) is 2. The highest BCUT2D eigenvalue weighted by Gasteiger charge is 2.17. The van der Waals surface area contributed by atoms with Gasteiger partial charge in [-0.05, 0) is 5.56 Å². The van der Waals surface area contributed by atoms with E-state index in [0.29, 0.717) is 5.82 Å². The van der Waals surface area contributed by atoms with Crippen molar-refractivity contribution in [3.63, 3.8) is 0 Å². The molecule has 1 N–H and O–H groups in total. The van der Waals surface area contributed by atoms with Crippen molar-refractivity contribution in [3.05, 3.63) is 48.2 Å². The average molecular weight is 250 g/mol. The summed E-state index contributed by atoms with van der Waals surface area (Å²) in [7, 11) is 1.78. The summed E-state index contributed by atoms with van der Waals surface area (Å²) in [5.41, 5.74) is 0.766. The van der Waals surface area contributed by atoms with Gasteiger partial charge in [0.05, 0.1) is 0 Å². The molecule has 1 atom stereocenters. The van der Waals surface area contributed by atoms with E-state index in [0.717, 1.165) is 5.56 Å². The van der Waals surface area contributed by atoms with Crippen molar-refractivity contribution < 1.29 is 4.79 Å². The number of nitrogens with zero attached hydrogens (tertiary/aromatic N) is 2. The Balaban J connectivity index is 2.06. The molecule has 0 fully saturated rings. The fraction of sp³-hybridized carbons (Fsp3) is 0.167. The van der Waals surface area contributed by atoms with Crippen molar-refractivity contribution in [2.24, 2.45) is 7.05 Å². The summed E-state index contributed by atoms with van der Waals surface area (Å²) in [6.45, 7) is 0. The largest absolute Gasteiger partial charge is 0.308 e. The lowest BCUT2D eigenvalue weighted by Crippen LogP contribution is -2.17. The Morgan fingerprint density at radius 1 is 1.35 bits per heavy atom. The fourth-order valence-corrected chi connectivity index (χ4v) is 1.64. The minimum absolute atomic E-state index is 0.281. The van der Waals surface area contributed by atoms with Crippen LogP contribution in [0.4, 0.5) is 5.82 Å². The van der Waals surface area contributed by atoms with E-state index in [4.69, 9.17) is 11.6 Å².